The lowest BCUT2D eigenvalue weighted by Crippen LogP contribution is -2.44. The molecule has 0 bridgehead atoms. The molecule has 2 fully saturated rings. The van der Waals surface area contributed by atoms with E-state index < -0.39 is 17.5 Å². The summed E-state index contributed by atoms with van der Waals surface area (Å²) < 4.78 is 28.7. The molecule has 1 aliphatic heterocycles. The van der Waals surface area contributed by atoms with Crippen LogP contribution < -0.4 is 5.73 Å². The number of primary amides is 1. The molecule has 0 atom stereocenters. The Hall–Kier alpha value is -1.49. The van der Waals surface area contributed by atoms with Gasteiger partial charge in [0.05, 0.1) is 0 Å². The van der Waals surface area contributed by atoms with Gasteiger partial charge in [-0.1, -0.05) is 12.1 Å². The fourth-order valence-corrected chi connectivity index (χ4v) is 3.29. The molecule has 1 amide bonds. The van der Waals surface area contributed by atoms with Gasteiger partial charge in [0.1, 0.15) is 11.5 Å². The molecule has 0 spiro atoms. The first-order chi connectivity index (χ1) is 9.98. The van der Waals surface area contributed by atoms with Gasteiger partial charge in [-0.25, -0.2) is 8.78 Å². The quantitative estimate of drug-likeness (QED) is 0.927. The minimum atomic E-state index is -1.60. The van der Waals surface area contributed by atoms with Crippen molar-refractivity contribution in [3.63, 3.8) is 0 Å². The van der Waals surface area contributed by atoms with Gasteiger partial charge in [0.2, 0.25) is 5.91 Å². The van der Waals surface area contributed by atoms with Gasteiger partial charge in [0, 0.05) is 18.0 Å². The van der Waals surface area contributed by atoms with Crippen LogP contribution in [0.2, 0.25) is 0 Å². The maximum absolute atomic E-state index is 14.6. The zero-order valence-electron chi connectivity index (χ0n) is 11.9. The van der Waals surface area contributed by atoms with Crippen LogP contribution in [0, 0.1) is 11.7 Å². The molecule has 5 heteroatoms. The van der Waals surface area contributed by atoms with Crippen molar-refractivity contribution < 1.29 is 13.6 Å². The predicted octanol–water partition coefficient (Wildman–Crippen LogP) is 2.48. The van der Waals surface area contributed by atoms with Crippen molar-refractivity contribution in [1.29, 1.82) is 0 Å². The van der Waals surface area contributed by atoms with Crippen LogP contribution in [0.1, 0.15) is 36.8 Å². The molecule has 0 aromatic heterocycles. The predicted molar refractivity (Wildman–Crippen MR) is 75.6 cm³/mol. The van der Waals surface area contributed by atoms with E-state index in [9.17, 15) is 13.6 Å². The van der Waals surface area contributed by atoms with Gasteiger partial charge in [-0.15, -0.1) is 0 Å². The van der Waals surface area contributed by atoms with Crippen LogP contribution in [0.25, 0.3) is 0 Å². The molecule has 1 aliphatic carbocycles. The molecule has 1 aromatic carbocycles. The van der Waals surface area contributed by atoms with E-state index in [-0.39, 0.29) is 18.7 Å². The standard InChI is InChI=1S/C16H20F2N2O/c17-14-7-13(16(18)8-12(9-16)15(19)21)4-3-11(14)10-20-5-1-2-6-20/h3-4,7,12H,1-2,5-6,8-10H2,(H2,19,21). The Balaban J connectivity index is 1.71. The summed E-state index contributed by atoms with van der Waals surface area (Å²) >= 11 is 0. The summed E-state index contributed by atoms with van der Waals surface area (Å²) in [5, 5.41) is 0. The highest BCUT2D eigenvalue weighted by molar-refractivity contribution is 5.78. The second-order valence-corrected chi connectivity index (χ2v) is 6.26. The van der Waals surface area contributed by atoms with Crippen molar-refractivity contribution in [3.8, 4) is 0 Å². The van der Waals surface area contributed by atoms with Crippen LogP contribution in [-0.2, 0) is 17.0 Å². The zero-order chi connectivity index (χ0) is 15.0. The van der Waals surface area contributed by atoms with E-state index in [0.29, 0.717) is 17.7 Å². The van der Waals surface area contributed by atoms with E-state index in [4.69, 9.17) is 5.73 Å². The summed E-state index contributed by atoms with van der Waals surface area (Å²) in [6.07, 6.45) is 2.43. The third-order valence-electron chi connectivity index (χ3n) is 4.71. The molecule has 0 unspecified atom stereocenters. The summed E-state index contributed by atoms with van der Waals surface area (Å²) in [4.78, 5) is 13.2. The molecule has 2 aliphatic rings. The smallest absolute Gasteiger partial charge is 0.220 e. The molecule has 1 saturated carbocycles. The highest BCUT2D eigenvalue weighted by Gasteiger charge is 2.48. The lowest BCUT2D eigenvalue weighted by atomic mass is 9.68. The average molecular weight is 294 g/mol. The molecule has 1 aromatic rings. The van der Waals surface area contributed by atoms with Gasteiger partial charge in [0.25, 0.3) is 0 Å². The number of hydrogen-bond acceptors (Lipinski definition) is 2. The van der Waals surface area contributed by atoms with Crippen molar-refractivity contribution in [2.75, 3.05) is 13.1 Å². The van der Waals surface area contributed by atoms with E-state index in [2.05, 4.69) is 4.90 Å². The number of hydrogen-bond donors (Lipinski definition) is 1. The molecule has 21 heavy (non-hydrogen) atoms. The maximum atomic E-state index is 14.6. The Morgan fingerprint density at radius 1 is 1.33 bits per heavy atom. The Morgan fingerprint density at radius 2 is 2.00 bits per heavy atom. The van der Waals surface area contributed by atoms with Crippen LogP contribution >= 0.6 is 0 Å². The molecule has 114 valence electrons. The zero-order valence-corrected chi connectivity index (χ0v) is 11.9. The number of nitrogens with two attached hydrogens (primary N) is 1. The fourth-order valence-electron chi connectivity index (χ4n) is 3.29. The van der Waals surface area contributed by atoms with Crippen molar-refractivity contribution in [3.05, 3.63) is 35.1 Å². The molecule has 3 rings (SSSR count). The van der Waals surface area contributed by atoms with E-state index in [1.807, 2.05) is 0 Å². The number of carbonyl (C=O) groups is 1. The molecule has 3 nitrogen and oxygen atoms in total. The lowest BCUT2D eigenvalue weighted by molar-refractivity contribution is -0.131. The monoisotopic (exact) mass is 294 g/mol. The van der Waals surface area contributed by atoms with Crippen molar-refractivity contribution in [1.82, 2.24) is 4.90 Å². The molecular weight excluding hydrogens is 274 g/mol. The normalized spacial score (nSPS) is 29.3. The van der Waals surface area contributed by atoms with Crippen LogP contribution in [0.15, 0.2) is 18.2 Å². The SMILES string of the molecule is NC(=O)C1CC(F)(c2ccc(CN3CCCC3)c(F)c2)C1. The average Bonchev–Trinajstić information content (AvgIpc) is 2.90. The first kappa shape index (κ1) is 14.4. The van der Waals surface area contributed by atoms with Gasteiger partial charge >= 0.3 is 0 Å². The number of nitrogens with zero attached hydrogens (tertiary/aromatic N) is 1. The number of rotatable bonds is 4. The number of amides is 1. The third-order valence-corrected chi connectivity index (χ3v) is 4.71. The van der Waals surface area contributed by atoms with E-state index >= 15 is 0 Å². The van der Waals surface area contributed by atoms with Crippen LogP contribution in [-0.4, -0.2) is 23.9 Å². The highest BCUT2D eigenvalue weighted by atomic mass is 19.1. The van der Waals surface area contributed by atoms with Crippen molar-refractivity contribution in [2.24, 2.45) is 11.7 Å². The van der Waals surface area contributed by atoms with E-state index in [1.165, 1.54) is 6.07 Å². The Labute approximate surface area is 123 Å². The number of carbonyl (C=O) groups excluding carboxylic acids is 1. The minimum absolute atomic E-state index is 0.0627. The van der Waals surface area contributed by atoms with Crippen LogP contribution in [0.4, 0.5) is 8.78 Å². The van der Waals surface area contributed by atoms with Crippen molar-refractivity contribution >= 4 is 5.91 Å². The van der Waals surface area contributed by atoms with Crippen LogP contribution in [0.5, 0.6) is 0 Å². The second kappa shape index (κ2) is 5.37. The largest absolute Gasteiger partial charge is 0.369 e. The van der Waals surface area contributed by atoms with E-state index in [1.54, 1.807) is 12.1 Å². The highest BCUT2D eigenvalue weighted by Crippen LogP contribution is 2.49. The molecule has 1 heterocycles. The second-order valence-electron chi connectivity index (χ2n) is 6.26. The molecular formula is C16H20F2N2O. The Kier molecular flexibility index (Phi) is 3.69. The topological polar surface area (TPSA) is 46.3 Å². The fraction of sp³-hybridized carbons (Fsp3) is 0.562. The summed E-state index contributed by atoms with van der Waals surface area (Å²) in [6.45, 7) is 2.57. The number of likely N-dealkylation sites (tertiary alicyclic amines) is 1. The van der Waals surface area contributed by atoms with Gasteiger partial charge in [-0.2, -0.15) is 0 Å². The first-order valence-electron chi connectivity index (χ1n) is 7.47. The Morgan fingerprint density at radius 3 is 2.57 bits per heavy atom. The number of benzene rings is 1. The van der Waals surface area contributed by atoms with Gasteiger partial charge in [-0.05, 0) is 50.4 Å². The maximum Gasteiger partial charge on any atom is 0.220 e. The molecule has 2 N–H and O–H groups in total. The summed E-state index contributed by atoms with van der Waals surface area (Å²) in [6, 6.07) is 4.59. The van der Waals surface area contributed by atoms with Gasteiger partial charge in [-0.3, -0.25) is 9.69 Å². The van der Waals surface area contributed by atoms with Crippen molar-refractivity contribution in [2.45, 2.75) is 37.9 Å². The molecule has 1 saturated heterocycles. The summed E-state index contributed by atoms with van der Waals surface area (Å²) in [5.41, 5.74) is 4.48. The third kappa shape index (κ3) is 2.79. The van der Waals surface area contributed by atoms with E-state index in [0.717, 1.165) is 25.9 Å². The summed E-state index contributed by atoms with van der Waals surface area (Å²) in [5.74, 6) is -1.27. The molecule has 0 radical (unpaired) electrons. The first-order valence-corrected chi connectivity index (χ1v) is 7.47. The van der Waals surface area contributed by atoms with Gasteiger partial charge in [0.15, 0.2) is 0 Å². The van der Waals surface area contributed by atoms with Crippen LogP contribution in [0.3, 0.4) is 0 Å². The van der Waals surface area contributed by atoms with Gasteiger partial charge < -0.3 is 5.73 Å². The summed E-state index contributed by atoms with van der Waals surface area (Å²) in [7, 11) is 0. The number of halogens is 2. The lowest BCUT2D eigenvalue weighted by Gasteiger charge is -2.40. The minimum Gasteiger partial charge on any atom is -0.369 e. The number of alkyl halides is 1. The Bertz CT molecular complexity index is 549.